The molecule has 6 N–H and O–H groups in total. The first kappa shape index (κ1) is 8.75. The van der Waals surface area contributed by atoms with Gasteiger partial charge in [0.25, 0.3) is 0 Å². The second-order valence-electron chi connectivity index (χ2n) is 2.26. The van der Waals surface area contributed by atoms with Crippen molar-refractivity contribution in [3.63, 3.8) is 0 Å². The third-order valence-electron chi connectivity index (χ3n) is 1.38. The highest BCUT2D eigenvalue weighted by atomic mass is 16.5. The molecule has 0 aromatic heterocycles. The molecule has 12 heavy (non-hydrogen) atoms. The summed E-state index contributed by atoms with van der Waals surface area (Å²) in [4.78, 5) is 8.99. The number of guanidine groups is 2. The van der Waals surface area contributed by atoms with E-state index in [4.69, 9.17) is 21.9 Å². The highest BCUT2D eigenvalue weighted by Gasteiger charge is 2.19. The second kappa shape index (κ2) is 3.37. The Morgan fingerprint density at radius 3 is 2.75 bits per heavy atom. The fourth-order valence-electron chi connectivity index (χ4n) is 0.833. The van der Waals surface area contributed by atoms with E-state index in [-0.39, 0.29) is 18.6 Å². The first-order valence-corrected chi connectivity index (χ1v) is 3.33. The molecule has 1 heterocycles. The van der Waals surface area contributed by atoms with Crippen LogP contribution in [0.15, 0.2) is 9.98 Å². The fraction of sp³-hybridized carbons (Fsp3) is 0.600. The zero-order chi connectivity index (χ0) is 9.14. The molecule has 68 valence electrons. The molecule has 0 fully saturated rings. The molecule has 0 bridgehead atoms. The third kappa shape index (κ3) is 1.63. The van der Waals surface area contributed by atoms with Crippen molar-refractivity contribution in [2.45, 2.75) is 6.29 Å². The van der Waals surface area contributed by atoms with Crippen LogP contribution in [0.5, 0.6) is 0 Å². The van der Waals surface area contributed by atoms with Gasteiger partial charge in [-0.25, -0.2) is 4.99 Å². The van der Waals surface area contributed by atoms with E-state index in [0.29, 0.717) is 0 Å². The van der Waals surface area contributed by atoms with Crippen LogP contribution < -0.4 is 17.2 Å². The molecular formula is C5H12N6O. The Labute approximate surface area is 69.9 Å². The van der Waals surface area contributed by atoms with Gasteiger partial charge in [-0.1, -0.05) is 0 Å². The van der Waals surface area contributed by atoms with Gasteiger partial charge in [0, 0.05) is 7.11 Å². The maximum Gasteiger partial charge on any atom is 0.221 e. The molecule has 0 radical (unpaired) electrons. The smallest absolute Gasteiger partial charge is 0.221 e. The van der Waals surface area contributed by atoms with Crippen molar-refractivity contribution in [3.8, 4) is 0 Å². The topological polar surface area (TPSA) is 115 Å². The first-order chi connectivity index (χ1) is 5.65. The Morgan fingerprint density at radius 2 is 2.25 bits per heavy atom. The lowest BCUT2D eigenvalue weighted by molar-refractivity contribution is 0.0857. The maximum absolute atomic E-state index is 5.56. The summed E-state index contributed by atoms with van der Waals surface area (Å²) in [5.74, 6) is 0.309. The molecule has 0 aromatic rings. The van der Waals surface area contributed by atoms with Crippen molar-refractivity contribution in [1.82, 2.24) is 4.90 Å². The van der Waals surface area contributed by atoms with Crippen molar-refractivity contribution in [2.24, 2.45) is 27.2 Å². The quantitative estimate of drug-likeness (QED) is 0.436. The Bertz CT molecular complexity index is 224. The average molecular weight is 172 g/mol. The number of hydrogen-bond donors (Lipinski definition) is 3. The second-order valence-corrected chi connectivity index (χ2v) is 2.26. The number of nitrogens with two attached hydrogens (primary N) is 3. The number of aliphatic imine (C=N–C) groups is 2. The Kier molecular flexibility index (Phi) is 2.46. The number of hydrogen-bond acceptors (Lipinski definition) is 7. The summed E-state index contributed by atoms with van der Waals surface area (Å²) in [5, 5.41) is 0. The van der Waals surface area contributed by atoms with Gasteiger partial charge in [-0.15, -0.1) is 0 Å². The third-order valence-corrected chi connectivity index (χ3v) is 1.38. The zero-order valence-electron chi connectivity index (χ0n) is 6.77. The molecule has 1 aliphatic rings. The number of rotatable bonds is 2. The molecule has 7 nitrogen and oxygen atoms in total. The van der Waals surface area contributed by atoms with Crippen LogP contribution >= 0.6 is 0 Å². The van der Waals surface area contributed by atoms with Crippen molar-refractivity contribution >= 4 is 11.9 Å². The maximum atomic E-state index is 5.56. The summed E-state index contributed by atoms with van der Waals surface area (Å²) >= 11 is 0. The van der Waals surface area contributed by atoms with Gasteiger partial charge in [0.1, 0.15) is 6.73 Å². The Balaban J connectivity index is 2.72. The highest BCUT2D eigenvalue weighted by molar-refractivity contribution is 5.95. The molecule has 0 aliphatic carbocycles. The number of ether oxygens (including phenoxy) is 1. The number of nitrogens with zero attached hydrogens (tertiary/aromatic N) is 3. The van der Waals surface area contributed by atoms with E-state index in [1.54, 1.807) is 0 Å². The van der Waals surface area contributed by atoms with E-state index in [0.717, 1.165) is 0 Å². The lowest BCUT2D eigenvalue weighted by atomic mass is 10.6. The summed E-state index contributed by atoms with van der Waals surface area (Å²) in [5.41, 5.74) is 16.4. The summed E-state index contributed by atoms with van der Waals surface area (Å²) in [6.07, 6.45) is -0.609. The highest BCUT2D eigenvalue weighted by Crippen LogP contribution is 2.00. The van der Waals surface area contributed by atoms with Crippen molar-refractivity contribution in [1.29, 1.82) is 0 Å². The van der Waals surface area contributed by atoms with E-state index in [1.165, 1.54) is 12.0 Å². The van der Waals surface area contributed by atoms with E-state index in [1.807, 2.05) is 0 Å². The molecule has 0 saturated heterocycles. The molecule has 1 rings (SSSR count). The van der Waals surface area contributed by atoms with Gasteiger partial charge in [0.05, 0.1) is 0 Å². The summed E-state index contributed by atoms with van der Waals surface area (Å²) < 4.78 is 4.83. The summed E-state index contributed by atoms with van der Waals surface area (Å²) in [6.45, 7) is 0.243. The average Bonchev–Trinajstić information content (AvgIpc) is 1.96. The largest absolute Gasteiger partial charge is 0.369 e. The minimum atomic E-state index is -0.609. The molecule has 1 aliphatic heterocycles. The molecule has 0 spiro atoms. The van der Waals surface area contributed by atoms with Crippen molar-refractivity contribution in [2.75, 3.05) is 13.8 Å². The molecular weight excluding hydrogens is 160 g/mol. The van der Waals surface area contributed by atoms with Gasteiger partial charge in [0.2, 0.25) is 11.9 Å². The van der Waals surface area contributed by atoms with Crippen LogP contribution in [-0.4, -0.2) is 36.9 Å². The van der Waals surface area contributed by atoms with Crippen molar-refractivity contribution < 1.29 is 4.74 Å². The first-order valence-electron chi connectivity index (χ1n) is 3.33. The van der Waals surface area contributed by atoms with Crippen LogP contribution in [0.2, 0.25) is 0 Å². The van der Waals surface area contributed by atoms with Crippen LogP contribution in [0.1, 0.15) is 0 Å². The van der Waals surface area contributed by atoms with Gasteiger partial charge in [-0.2, -0.15) is 4.99 Å². The van der Waals surface area contributed by atoms with Crippen LogP contribution in [0.3, 0.4) is 0 Å². The van der Waals surface area contributed by atoms with Crippen molar-refractivity contribution in [3.05, 3.63) is 0 Å². The van der Waals surface area contributed by atoms with Gasteiger partial charge < -0.3 is 16.2 Å². The summed E-state index contributed by atoms with van der Waals surface area (Å²) in [6, 6.07) is 0. The van der Waals surface area contributed by atoms with Gasteiger partial charge >= 0.3 is 0 Å². The molecule has 1 unspecified atom stereocenters. The van der Waals surface area contributed by atoms with Gasteiger partial charge in [-0.05, 0) is 0 Å². The fourth-order valence-corrected chi connectivity index (χ4v) is 0.833. The SMILES string of the molecule is COCN1C(N)=NC(N)=NC1N. The van der Waals surface area contributed by atoms with E-state index < -0.39 is 6.29 Å². The minimum absolute atomic E-state index is 0.0901. The standard InChI is InChI=1S/C5H12N6O/c1-12-2-11-4(7)9-3(6)10-5(11)8/h4H,2,7H2,1H3,(H4,6,8,9,10). The lowest BCUT2D eigenvalue weighted by Gasteiger charge is -2.28. The normalized spacial score (nSPS) is 23.5. The van der Waals surface area contributed by atoms with Gasteiger partial charge in [-0.3, -0.25) is 10.6 Å². The van der Waals surface area contributed by atoms with E-state index >= 15 is 0 Å². The summed E-state index contributed by atoms with van der Waals surface area (Å²) in [7, 11) is 1.53. The predicted octanol–water partition coefficient (Wildman–Crippen LogP) is -2.22. The monoisotopic (exact) mass is 172 g/mol. The van der Waals surface area contributed by atoms with Crippen LogP contribution in [0, 0.1) is 0 Å². The Morgan fingerprint density at radius 1 is 1.58 bits per heavy atom. The molecule has 0 saturated carbocycles. The molecule has 0 aromatic carbocycles. The lowest BCUT2D eigenvalue weighted by Crippen LogP contribution is -2.52. The van der Waals surface area contributed by atoms with E-state index in [9.17, 15) is 0 Å². The molecule has 1 atom stereocenters. The van der Waals surface area contributed by atoms with Crippen LogP contribution in [0.4, 0.5) is 0 Å². The minimum Gasteiger partial charge on any atom is -0.369 e. The number of methoxy groups -OCH3 is 1. The zero-order valence-corrected chi connectivity index (χ0v) is 6.77. The molecule has 0 amide bonds. The van der Waals surface area contributed by atoms with Crippen LogP contribution in [-0.2, 0) is 4.74 Å². The van der Waals surface area contributed by atoms with Crippen LogP contribution in [0.25, 0.3) is 0 Å². The Hall–Kier alpha value is -1.34. The predicted molar refractivity (Wildman–Crippen MR) is 44.9 cm³/mol. The molecule has 7 heteroatoms. The van der Waals surface area contributed by atoms with Gasteiger partial charge in [0.15, 0.2) is 6.29 Å². The van der Waals surface area contributed by atoms with E-state index in [2.05, 4.69) is 9.98 Å².